The average Bonchev–Trinajstić information content (AvgIpc) is 3.49. The maximum absolute atomic E-state index is 2.61. The fourth-order valence-corrected chi connectivity index (χ4v) is 17.6. The summed E-state index contributed by atoms with van der Waals surface area (Å²) < 4.78 is 0.999. The van der Waals surface area contributed by atoms with E-state index in [-0.39, 0.29) is 24.8 Å². The minimum absolute atomic E-state index is 0. The van der Waals surface area contributed by atoms with Crippen molar-refractivity contribution in [3.63, 3.8) is 0 Å². The van der Waals surface area contributed by atoms with Crippen LogP contribution in [-0.4, -0.2) is 8.07 Å². The van der Waals surface area contributed by atoms with Crippen LogP contribution in [0.25, 0.3) is 43.8 Å². The van der Waals surface area contributed by atoms with Crippen LogP contribution in [0, 0.1) is 0 Å². The predicted molar refractivity (Wildman–Crippen MR) is 188 cm³/mol. The van der Waals surface area contributed by atoms with Gasteiger partial charge in [-0.05, 0) is 0 Å². The first-order chi connectivity index (χ1) is 21.4. The molecule has 2 unspecified atom stereocenters. The largest absolute Gasteiger partial charge is 1.00 e. The summed E-state index contributed by atoms with van der Waals surface area (Å²) in [7, 11) is -2.08. The molecule has 9 rings (SSSR count). The first-order valence-corrected chi connectivity index (χ1v) is 21.7. The first kappa shape index (κ1) is 31.6. The predicted octanol–water partition coefficient (Wildman–Crippen LogP) is 3.89. The van der Waals surface area contributed by atoms with Crippen molar-refractivity contribution in [1.29, 1.82) is 0 Å². The summed E-state index contributed by atoms with van der Waals surface area (Å²) in [4.78, 5) is 0. The Morgan fingerprint density at radius 3 is 1.33 bits per heavy atom. The number of allylic oxidation sites excluding steroid dienone is 4. The fraction of sp³-hybridized carbons (Fsp3) is 0.143. The third-order valence-corrected chi connectivity index (χ3v) is 18.9. The normalized spacial score (nSPS) is 18.5. The van der Waals surface area contributed by atoms with Crippen molar-refractivity contribution in [2.75, 3.05) is 0 Å². The zero-order valence-corrected chi connectivity index (χ0v) is 31.4. The summed E-state index contributed by atoms with van der Waals surface area (Å²) in [5.41, 5.74) is 15.6. The molecule has 46 heavy (non-hydrogen) atoms. The number of halogens is 2. The van der Waals surface area contributed by atoms with Crippen LogP contribution in [0.1, 0.15) is 54.5 Å². The Morgan fingerprint density at radius 1 is 0.478 bits per heavy atom. The van der Waals surface area contributed by atoms with Gasteiger partial charge >= 0.3 is 274 Å². The van der Waals surface area contributed by atoms with Crippen LogP contribution in [0.2, 0.25) is 13.1 Å². The van der Waals surface area contributed by atoms with Crippen molar-refractivity contribution in [3.05, 3.63) is 155 Å². The van der Waals surface area contributed by atoms with E-state index in [4.69, 9.17) is 0 Å². The second-order valence-electron chi connectivity index (χ2n) is 13.3. The summed E-state index contributed by atoms with van der Waals surface area (Å²) in [6.45, 7) is 10.1. The molecule has 1 aliphatic heterocycles. The molecule has 1 heterocycles. The van der Waals surface area contributed by atoms with Crippen LogP contribution in [0.4, 0.5) is 0 Å². The van der Waals surface area contributed by atoms with E-state index < -0.39 is 31.3 Å². The molecule has 0 radical (unpaired) electrons. The minimum Gasteiger partial charge on any atom is -1.00 e. The molecule has 0 fully saturated rings. The van der Waals surface area contributed by atoms with Crippen molar-refractivity contribution in [2.24, 2.45) is 0 Å². The Bertz CT molecular complexity index is 2110. The third kappa shape index (κ3) is 4.34. The van der Waals surface area contributed by atoms with Gasteiger partial charge in [-0.15, -0.1) is 0 Å². The zero-order chi connectivity index (χ0) is 29.7. The van der Waals surface area contributed by atoms with Gasteiger partial charge in [-0.3, -0.25) is 0 Å². The van der Waals surface area contributed by atoms with Gasteiger partial charge in [0.05, 0.1) is 0 Å². The molecule has 3 aliphatic rings. The number of hydrogen-bond donors (Lipinski definition) is 0. The molecule has 4 heteroatoms. The summed E-state index contributed by atoms with van der Waals surface area (Å²) in [6.07, 6.45) is 0. The van der Waals surface area contributed by atoms with Crippen molar-refractivity contribution in [2.45, 2.75) is 34.2 Å². The fourth-order valence-electron chi connectivity index (χ4n) is 8.81. The summed E-state index contributed by atoms with van der Waals surface area (Å²) in [6, 6.07) is 46.7. The number of fused-ring (bicyclic) bond motifs is 2. The average molecular weight is 729 g/mol. The van der Waals surface area contributed by atoms with Gasteiger partial charge in [0.25, 0.3) is 0 Å². The van der Waals surface area contributed by atoms with Gasteiger partial charge in [-0.2, -0.15) is 0 Å². The van der Waals surface area contributed by atoms with Gasteiger partial charge < -0.3 is 24.8 Å². The molecule has 0 N–H and O–H groups in total. The molecule has 6 aromatic carbocycles. The van der Waals surface area contributed by atoms with Crippen molar-refractivity contribution < 1.29 is 48.0 Å². The molecule has 0 nitrogen and oxygen atoms in total. The monoisotopic (exact) mass is 726 g/mol. The quantitative estimate of drug-likeness (QED) is 0.238. The van der Waals surface area contributed by atoms with Crippen LogP contribution in [0.5, 0.6) is 0 Å². The Kier molecular flexibility index (Phi) is 7.97. The van der Waals surface area contributed by atoms with E-state index in [9.17, 15) is 0 Å². The van der Waals surface area contributed by atoms with Crippen molar-refractivity contribution >= 4 is 62.3 Å². The van der Waals surface area contributed by atoms with Crippen LogP contribution >= 0.6 is 0 Å². The second-order valence-corrected chi connectivity index (χ2v) is 21.3. The molecule has 224 valence electrons. The maximum Gasteiger partial charge on any atom is -1.00 e. The smallest absolute Gasteiger partial charge is 1.00 e. The van der Waals surface area contributed by atoms with E-state index >= 15 is 0 Å². The number of rotatable bonds is 2. The molecule has 2 aliphatic carbocycles. The Hall–Kier alpha value is -3.00. The molecular weight excluding hydrogens is 695 g/mol. The summed E-state index contributed by atoms with van der Waals surface area (Å²) in [5.74, 6) is 0. The van der Waals surface area contributed by atoms with Crippen LogP contribution in [-0.2, 0) is 23.2 Å². The standard InChI is InChI=1S/C42H34Si.2ClH.Zr/c1-27-37(35-21-9-15-29-13-5-7-19-33(29)35)25-31-17-11-23-39(41(27)31)43(3,4)40-24-12-18-32-26-38(28(2)42(32)40)36-22-10-16-30-14-6-8-20-34(30)36;;;/h5-26H,1-4H3;2*1H;/q;;;+2/p-2. The van der Waals surface area contributed by atoms with Crippen LogP contribution < -0.4 is 35.2 Å². The minimum atomic E-state index is -2.08. The third-order valence-electron chi connectivity index (χ3n) is 10.8. The van der Waals surface area contributed by atoms with Gasteiger partial charge in [-0.25, -0.2) is 0 Å². The van der Waals surface area contributed by atoms with Crippen LogP contribution in [0.15, 0.2) is 121 Å². The summed E-state index contributed by atoms with van der Waals surface area (Å²) >= 11 is -1.17. The van der Waals surface area contributed by atoms with Gasteiger partial charge in [0.1, 0.15) is 0 Å². The van der Waals surface area contributed by atoms with Gasteiger partial charge in [-0.1, -0.05) is 0 Å². The molecule has 6 aromatic rings. The van der Waals surface area contributed by atoms with Crippen molar-refractivity contribution in [1.82, 2.24) is 0 Å². The summed E-state index contributed by atoms with van der Waals surface area (Å²) in [5, 5.41) is 8.69. The molecule has 8 bridgehead atoms. The molecule has 0 spiro atoms. The van der Waals surface area contributed by atoms with E-state index in [1.54, 1.807) is 43.8 Å². The molecule has 2 atom stereocenters. The van der Waals surface area contributed by atoms with Gasteiger partial charge in [0.2, 0.25) is 0 Å². The van der Waals surface area contributed by atoms with E-state index in [1.165, 1.54) is 43.8 Å². The van der Waals surface area contributed by atoms with E-state index in [2.05, 4.69) is 148 Å². The van der Waals surface area contributed by atoms with Crippen LogP contribution in [0.3, 0.4) is 0 Å². The number of benzene rings is 6. The van der Waals surface area contributed by atoms with E-state index in [0.29, 0.717) is 7.25 Å². The number of hydrogen-bond acceptors (Lipinski definition) is 0. The molecule has 0 saturated carbocycles. The topological polar surface area (TPSA) is 0 Å². The second kappa shape index (κ2) is 11.6. The zero-order valence-electron chi connectivity index (χ0n) is 26.5. The maximum atomic E-state index is 2.61. The van der Waals surface area contributed by atoms with E-state index in [1.807, 2.05) is 0 Å². The molecule has 0 amide bonds. The molecular formula is C42H34Cl2SiZr. The SMILES string of the molecule is CC1=C(c2cccc3ccccc23)[CH]2[Zr+2][CH]3C(c4cccc5ccccc45)=C(C)c4c3cccc4[Si](C)(C)c3cccc2c31.[Cl-].[Cl-]. The van der Waals surface area contributed by atoms with E-state index in [0.717, 1.165) is 0 Å². The molecule has 0 aromatic heterocycles. The Labute approximate surface area is 297 Å². The van der Waals surface area contributed by atoms with Crippen molar-refractivity contribution in [3.8, 4) is 0 Å². The Balaban J connectivity index is 0.00000169. The van der Waals surface area contributed by atoms with Gasteiger partial charge in [0, 0.05) is 0 Å². The van der Waals surface area contributed by atoms with Gasteiger partial charge in [0.15, 0.2) is 0 Å². The molecule has 0 saturated heterocycles. The Morgan fingerprint density at radius 2 is 0.870 bits per heavy atom. The first-order valence-electron chi connectivity index (χ1n) is 15.9.